The van der Waals surface area contributed by atoms with Gasteiger partial charge in [0, 0.05) is 16.0 Å². The number of rotatable bonds is 5. The molecule has 1 amide bonds. The van der Waals surface area contributed by atoms with Crippen LogP contribution in [0.15, 0.2) is 48.5 Å². The lowest BCUT2D eigenvalue weighted by Crippen LogP contribution is -2.11. The minimum Gasteiger partial charge on any atom is -0.298 e. The Balaban J connectivity index is 0.00000243. The van der Waals surface area contributed by atoms with Gasteiger partial charge in [-0.15, -0.1) is 23.7 Å². The number of hydrogen-bond acceptors (Lipinski definition) is 3. The molecule has 26 heavy (non-hydrogen) atoms. The number of halogens is 3. The molecule has 1 aromatic heterocycles. The van der Waals surface area contributed by atoms with Gasteiger partial charge >= 0.3 is 0 Å². The number of thiazole rings is 1. The first kappa shape index (κ1) is 20.0. The highest BCUT2D eigenvalue weighted by Crippen LogP contribution is 2.32. The fourth-order valence-electron chi connectivity index (χ4n) is 2.41. The van der Waals surface area contributed by atoms with E-state index in [-0.39, 0.29) is 24.1 Å². The van der Waals surface area contributed by atoms with Gasteiger partial charge in [-0.1, -0.05) is 13.3 Å². The molecule has 0 unspecified atom stereocenters. The van der Waals surface area contributed by atoms with Crippen LogP contribution < -0.4 is 5.32 Å². The molecule has 0 saturated heterocycles. The molecule has 7 heteroatoms. The quantitative estimate of drug-likeness (QED) is 0.601. The molecule has 3 rings (SSSR count). The second kappa shape index (κ2) is 8.87. The van der Waals surface area contributed by atoms with E-state index in [1.54, 1.807) is 12.1 Å². The largest absolute Gasteiger partial charge is 0.298 e. The van der Waals surface area contributed by atoms with Crippen molar-refractivity contribution < 1.29 is 13.6 Å². The van der Waals surface area contributed by atoms with Crippen LogP contribution >= 0.6 is 23.7 Å². The monoisotopic (exact) mass is 394 g/mol. The van der Waals surface area contributed by atoms with E-state index >= 15 is 0 Å². The summed E-state index contributed by atoms with van der Waals surface area (Å²) in [6, 6.07) is 11.5. The molecule has 0 saturated carbocycles. The second-order valence-corrected chi connectivity index (χ2v) is 6.59. The van der Waals surface area contributed by atoms with E-state index in [1.165, 1.54) is 47.7 Å². The average Bonchev–Trinajstić information content (AvgIpc) is 2.99. The number of carbonyl (C=O) groups excluding carboxylic acids is 1. The first-order valence-corrected chi connectivity index (χ1v) is 8.71. The zero-order valence-corrected chi connectivity index (χ0v) is 15.6. The highest BCUT2D eigenvalue weighted by atomic mass is 35.5. The molecule has 0 aliphatic rings. The van der Waals surface area contributed by atoms with E-state index in [4.69, 9.17) is 0 Å². The first-order valence-electron chi connectivity index (χ1n) is 7.89. The SMILES string of the molecule is CCCc1sc(NC(=O)c2ccc(F)cc2)nc1-c1ccc(F)cc1.Cl. The Hall–Kier alpha value is -2.31. The van der Waals surface area contributed by atoms with Crippen molar-refractivity contribution in [2.45, 2.75) is 19.8 Å². The molecule has 0 atom stereocenters. The number of anilines is 1. The van der Waals surface area contributed by atoms with Crippen molar-refractivity contribution in [3.63, 3.8) is 0 Å². The third kappa shape index (κ3) is 4.65. The number of carbonyl (C=O) groups is 1. The lowest BCUT2D eigenvalue weighted by atomic mass is 10.1. The number of nitrogens with one attached hydrogen (secondary N) is 1. The van der Waals surface area contributed by atoms with Gasteiger partial charge in [0.1, 0.15) is 11.6 Å². The minimum atomic E-state index is -0.394. The van der Waals surface area contributed by atoms with E-state index in [9.17, 15) is 13.6 Å². The molecule has 2 aromatic carbocycles. The van der Waals surface area contributed by atoms with E-state index in [0.717, 1.165) is 29.0 Å². The summed E-state index contributed by atoms with van der Waals surface area (Å²) in [5.74, 6) is -1.04. The summed E-state index contributed by atoms with van der Waals surface area (Å²) in [4.78, 5) is 17.8. The molecule has 3 nitrogen and oxygen atoms in total. The van der Waals surface area contributed by atoms with Crippen LogP contribution in [0.4, 0.5) is 13.9 Å². The third-order valence-corrected chi connectivity index (χ3v) is 4.65. The van der Waals surface area contributed by atoms with Crippen LogP contribution in [-0.4, -0.2) is 10.9 Å². The number of benzene rings is 2. The summed E-state index contributed by atoms with van der Waals surface area (Å²) in [5.41, 5.74) is 1.92. The van der Waals surface area contributed by atoms with Gasteiger partial charge in [-0.05, 0) is 55.0 Å². The van der Waals surface area contributed by atoms with Crippen molar-refractivity contribution in [3.8, 4) is 11.3 Å². The number of hydrogen-bond donors (Lipinski definition) is 1. The molecule has 0 spiro atoms. The Morgan fingerprint density at radius 1 is 1.04 bits per heavy atom. The van der Waals surface area contributed by atoms with Crippen molar-refractivity contribution in [2.24, 2.45) is 0 Å². The zero-order valence-electron chi connectivity index (χ0n) is 14.0. The maximum atomic E-state index is 13.1. The molecule has 0 aliphatic heterocycles. The Bertz CT molecular complexity index is 880. The highest BCUT2D eigenvalue weighted by molar-refractivity contribution is 7.16. The van der Waals surface area contributed by atoms with Crippen LogP contribution in [0, 0.1) is 11.6 Å². The van der Waals surface area contributed by atoms with Gasteiger partial charge in [-0.25, -0.2) is 13.8 Å². The predicted molar refractivity (Wildman–Crippen MR) is 103 cm³/mol. The van der Waals surface area contributed by atoms with Gasteiger partial charge in [0.15, 0.2) is 5.13 Å². The van der Waals surface area contributed by atoms with Crippen LogP contribution in [0.3, 0.4) is 0 Å². The van der Waals surface area contributed by atoms with Crippen molar-refractivity contribution in [1.29, 1.82) is 0 Å². The minimum absolute atomic E-state index is 0. The first-order chi connectivity index (χ1) is 12.1. The predicted octanol–water partition coefficient (Wildman–Crippen LogP) is 5.71. The van der Waals surface area contributed by atoms with Crippen LogP contribution in [0.2, 0.25) is 0 Å². The van der Waals surface area contributed by atoms with E-state index in [0.29, 0.717) is 10.7 Å². The Kier molecular flexibility index (Phi) is 6.83. The summed E-state index contributed by atoms with van der Waals surface area (Å²) in [5, 5.41) is 3.22. The number of amides is 1. The molecular formula is C19H17ClF2N2OS. The van der Waals surface area contributed by atoms with Crippen molar-refractivity contribution in [2.75, 3.05) is 5.32 Å². The summed E-state index contributed by atoms with van der Waals surface area (Å²) < 4.78 is 26.1. The van der Waals surface area contributed by atoms with Crippen molar-refractivity contribution >= 4 is 34.8 Å². The topological polar surface area (TPSA) is 42.0 Å². The molecule has 0 fully saturated rings. The van der Waals surface area contributed by atoms with Crippen LogP contribution in [0.5, 0.6) is 0 Å². The van der Waals surface area contributed by atoms with Crippen molar-refractivity contribution in [1.82, 2.24) is 4.98 Å². The zero-order chi connectivity index (χ0) is 17.8. The molecule has 0 aliphatic carbocycles. The summed E-state index contributed by atoms with van der Waals surface area (Å²) in [7, 11) is 0. The normalized spacial score (nSPS) is 10.3. The summed E-state index contributed by atoms with van der Waals surface area (Å²) in [6.45, 7) is 2.06. The maximum Gasteiger partial charge on any atom is 0.257 e. The molecule has 136 valence electrons. The van der Waals surface area contributed by atoms with Gasteiger partial charge in [0.2, 0.25) is 0 Å². The third-order valence-electron chi connectivity index (χ3n) is 3.62. The van der Waals surface area contributed by atoms with Gasteiger partial charge in [0.25, 0.3) is 5.91 Å². The standard InChI is InChI=1S/C19H16F2N2OS.ClH/c1-2-3-16-17(12-4-8-14(20)9-5-12)22-19(25-16)23-18(24)13-6-10-15(21)11-7-13;/h4-11H,2-3H2,1H3,(H,22,23,24);1H. The fraction of sp³-hybridized carbons (Fsp3) is 0.158. The summed E-state index contributed by atoms with van der Waals surface area (Å²) in [6.07, 6.45) is 1.75. The Labute approximate surface area is 160 Å². The van der Waals surface area contributed by atoms with E-state index in [2.05, 4.69) is 17.2 Å². The lowest BCUT2D eigenvalue weighted by Gasteiger charge is -2.01. The van der Waals surface area contributed by atoms with Gasteiger partial charge in [-0.2, -0.15) is 0 Å². The maximum absolute atomic E-state index is 13.1. The molecule has 3 aromatic rings. The van der Waals surface area contributed by atoms with E-state index in [1.807, 2.05) is 0 Å². The fourth-order valence-corrected chi connectivity index (χ4v) is 3.49. The number of nitrogens with zero attached hydrogens (tertiary/aromatic N) is 1. The Morgan fingerprint density at radius 2 is 1.62 bits per heavy atom. The molecule has 1 N–H and O–H groups in total. The average molecular weight is 395 g/mol. The lowest BCUT2D eigenvalue weighted by molar-refractivity contribution is 0.102. The van der Waals surface area contributed by atoms with Crippen molar-refractivity contribution in [3.05, 3.63) is 70.6 Å². The van der Waals surface area contributed by atoms with Gasteiger partial charge in [0.05, 0.1) is 5.69 Å². The van der Waals surface area contributed by atoms with Gasteiger partial charge < -0.3 is 0 Å². The molecule has 0 bridgehead atoms. The number of aromatic nitrogens is 1. The van der Waals surface area contributed by atoms with Crippen LogP contribution in [-0.2, 0) is 6.42 Å². The summed E-state index contributed by atoms with van der Waals surface area (Å²) >= 11 is 1.40. The van der Waals surface area contributed by atoms with Crippen LogP contribution in [0.1, 0.15) is 28.6 Å². The van der Waals surface area contributed by atoms with Gasteiger partial charge in [-0.3, -0.25) is 10.1 Å². The highest BCUT2D eigenvalue weighted by Gasteiger charge is 2.15. The molecular weight excluding hydrogens is 378 g/mol. The Morgan fingerprint density at radius 3 is 2.19 bits per heavy atom. The van der Waals surface area contributed by atoms with Crippen LogP contribution in [0.25, 0.3) is 11.3 Å². The molecule has 0 radical (unpaired) electrons. The van der Waals surface area contributed by atoms with E-state index < -0.39 is 5.82 Å². The second-order valence-electron chi connectivity index (χ2n) is 5.51. The number of aryl methyl sites for hydroxylation is 1. The smallest absolute Gasteiger partial charge is 0.257 e. The molecule has 1 heterocycles.